The van der Waals surface area contributed by atoms with Crippen LogP contribution < -0.4 is 16.0 Å². The molecule has 3 aromatic rings. The van der Waals surface area contributed by atoms with Crippen molar-refractivity contribution in [3.05, 3.63) is 59.8 Å². The molecule has 1 aromatic heterocycles. The van der Waals surface area contributed by atoms with Crippen LogP contribution in [0.2, 0.25) is 0 Å². The van der Waals surface area contributed by atoms with Gasteiger partial charge in [-0.25, -0.2) is 4.79 Å². The van der Waals surface area contributed by atoms with E-state index in [9.17, 15) is 9.59 Å². The van der Waals surface area contributed by atoms with Crippen LogP contribution in [0.1, 0.15) is 29.9 Å². The van der Waals surface area contributed by atoms with Crippen molar-refractivity contribution in [1.82, 2.24) is 10.3 Å². The minimum Gasteiger partial charge on any atom is -0.351 e. The van der Waals surface area contributed by atoms with Crippen molar-refractivity contribution in [2.24, 2.45) is 0 Å². The Morgan fingerprint density at radius 3 is 2.23 bits per heavy atom. The smallest absolute Gasteiger partial charge is 0.319 e. The standard InChI is InChI=1S/C20H22N4O2/c1-12(2)21-20(26)23-16-8-6-15(7-9-16)22-19(25)18-11-14-5-4-13(3)10-17(14)24-18/h4-12,24H,1-3H3,(H,22,25)(H2,21,23,26). The van der Waals surface area contributed by atoms with Crippen molar-refractivity contribution in [3.8, 4) is 0 Å². The highest BCUT2D eigenvalue weighted by Crippen LogP contribution is 2.19. The van der Waals surface area contributed by atoms with Gasteiger partial charge in [-0.15, -0.1) is 0 Å². The van der Waals surface area contributed by atoms with Gasteiger partial charge in [-0.05, 0) is 62.7 Å². The van der Waals surface area contributed by atoms with Crippen molar-refractivity contribution in [2.75, 3.05) is 10.6 Å². The fourth-order valence-electron chi connectivity index (χ4n) is 2.63. The number of hydrogen-bond acceptors (Lipinski definition) is 2. The lowest BCUT2D eigenvalue weighted by Gasteiger charge is -2.10. The molecule has 0 aliphatic rings. The zero-order chi connectivity index (χ0) is 18.7. The van der Waals surface area contributed by atoms with Gasteiger partial charge < -0.3 is 20.9 Å². The Morgan fingerprint density at radius 1 is 0.923 bits per heavy atom. The Morgan fingerprint density at radius 2 is 1.58 bits per heavy atom. The molecule has 0 spiro atoms. The molecule has 3 rings (SSSR count). The molecule has 4 N–H and O–H groups in total. The molecule has 1 heterocycles. The molecule has 26 heavy (non-hydrogen) atoms. The zero-order valence-corrected chi connectivity index (χ0v) is 15.0. The Bertz CT molecular complexity index is 942. The van der Waals surface area contributed by atoms with Gasteiger partial charge in [0.05, 0.1) is 0 Å². The first kappa shape index (κ1) is 17.5. The number of carbonyl (C=O) groups excluding carboxylic acids is 2. The largest absolute Gasteiger partial charge is 0.351 e. The molecule has 0 radical (unpaired) electrons. The van der Waals surface area contributed by atoms with Gasteiger partial charge in [0.25, 0.3) is 5.91 Å². The Hall–Kier alpha value is -3.28. The number of nitrogens with one attached hydrogen (secondary N) is 4. The molecular weight excluding hydrogens is 328 g/mol. The number of hydrogen-bond donors (Lipinski definition) is 4. The number of urea groups is 1. The minimum absolute atomic E-state index is 0.0636. The summed E-state index contributed by atoms with van der Waals surface area (Å²) in [6.07, 6.45) is 0. The van der Waals surface area contributed by atoms with Gasteiger partial charge >= 0.3 is 6.03 Å². The van der Waals surface area contributed by atoms with E-state index in [0.29, 0.717) is 17.1 Å². The highest BCUT2D eigenvalue weighted by Gasteiger charge is 2.10. The van der Waals surface area contributed by atoms with Gasteiger partial charge in [0.15, 0.2) is 0 Å². The lowest BCUT2D eigenvalue weighted by molar-refractivity contribution is 0.102. The number of aryl methyl sites for hydroxylation is 1. The van der Waals surface area contributed by atoms with Crippen LogP contribution in [-0.2, 0) is 0 Å². The van der Waals surface area contributed by atoms with E-state index in [1.807, 2.05) is 45.0 Å². The van der Waals surface area contributed by atoms with Crippen LogP contribution in [0.15, 0.2) is 48.5 Å². The fourth-order valence-corrected chi connectivity index (χ4v) is 2.63. The first-order valence-corrected chi connectivity index (χ1v) is 8.49. The van der Waals surface area contributed by atoms with Crippen LogP contribution >= 0.6 is 0 Å². The normalized spacial score (nSPS) is 10.8. The molecule has 0 aliphatic heterocycles. The number of rotatable bonds is 4. The summed E-state index contributed by atoms with van der Waals surface area (Å²) in [5.41, 5.74) is 3.88. The van der Waals surface area contributed by atoms with Crippen LogP contribution in [0.3, 0.4) is 0 Å². The predicted molar refractivity (Wildman–Crippen MR) is 105 cm³/mol. The quantitative estimate of drug-likeness (QED) is 0.567. The summed E-state index contributed by atoms with van der Waals surface area (Å²) < 4.78 is 0. The third-order valence-corrected chi connectivity index (χ3v) is 3.84. The topological polar surface area (TPSA) is 86.0 Å². The number of aromatic amines is 1. The maximum Gasteiger partial charge on any atom is 0.319 e. The first-order valence-electron chi connectivity index (χ1n) is 8.49. The molecule has 0 unspecified atom stereocenters. The predicted octanol–water partition coefficient (Wildman–Crippen LogP) is 4.26. The average molecular weight is 350 g/mol. The summed E-state index contributed by atoms with van der Waals surface area (Å²) in [5.74, 6) is -0.211. The van der Waals surface area contributed by atoms with Crippen molar-refractivity contribution in [3.63, 3.8) is 0 Å². The molecule has 0 fully saturated rings. The molecular formula is C20H22N4O2. The van der Waals surface area contributed by atoms with Crippen molar-refractivity contribution < 1.29 is 9.59 Å². The second-order valence-corrected chi connectivity index (χ2v) is 6.56. The number of H-pyrrole nitrogens is 1. The molecule has 2 aromatic carbocycles. The molecule has 6 heteroatoms. The van der Waals surface area contributed by atoms with Crippen LogP contribution in [0, 0.1) is 6.92 Å². The molecule has 6 nitrogen and oxygen atoms in total. The van der Waals surface area contributed by atoms with Crippen LogP contribution in [0.25, 0.3) is 10.9 Å². The summed E-state index contributed by atoms with van der Waals surface area (Å²) in [5, 5.41) is 9.34. The highest BCUT2D eigenvalue weighted by atomic mass is 16.2. The number of benzene rings is 2. The molecule has 0 aliphatic carbocycles. The fraction of sp³-hybridized carbons (Fsp3) is 0.200. The zero-order valence-electron chi connectivity index (χ0n) is 15.0. The lowest BCUT2D eigenvalue weighted by atomic mass is 10.2. The lowest BCUT2D eigenvalue weighted by Crippen LogP contribution is -2.34. The number of amides is 3. The van der Waals surface area contributed by atoms with Gasteiger partial charge in [-0.3, -0.25) is 4.79 Å². The SMILES string of the molecule is Cc1ccc2cc(C(=O)Nc3ccc(NC(=O)NC(C)C)cc3)[nH]c2c1. The average Bonchev–Trinajstić information content (AvgIpc) is 2.99. The molecule has 0 saturated carbocycles. The number of carbonyl (C=O) groups is 2. The maximum atomic E-state index is 12.4. The van der Waals surface area contributed by atoms with E-state index in [4.69, 9.17) is 0 Å². The van der Waals surface area contributed by atoms with Crippen molar-refractivity contribution in [2.45, 2.75) is 26.8 Å². The van der Waals surface area contributed by atoms with E-state index in [-0.39, 0.29) is 18.0 Å². The van der Waals surface area contributed by atoms with E-state index < -0.39 is 0 Å². The van der Waals surface area contributed by atoms with Gasteiger partial charge in [-0.2, -0.15) is 0 Å². The van der Waals surface area contributed by atoms with Crippen molar-refractivity contribution >= 4 is 34.2 Å². The molecule has 0 bridgehead atoms. The minimum atomic E-state index is -0.259. The third-order valence-electron chi connectivity index (χ3n) is 3.84. The number of anilines is 2. The number of aromatic nitrogens is 1. The van der Waals surface area contributed by atoms with E-state index >= 15 is 0 Å². The molecule has 0 atom stereocenters. The number of fused-ring (bicyclic) bond motifs is 1. The van der Waals surface area contributed by atoms with E-state index in [2.05, 4.69) is 20.9 Å². The summed E-state index contributed by atoms with van der Waals surface area (Å²) in [6, 6.07) is 14.6. The monoisotopic (exact) mass is 350 g/mol. The van der Waals surface area contributed by atoms with E-state index in [0.717, 1.165) is 16.5 Å². The maximum absolute atomic E-state index is 12.4. The van der Waals surface area contributed by atoms with Gasteiger partial charge in [0.1, 0.15) is 5.69 Å². The summed E-state index contributed by atoms with van der Waals surface area (Å²) in [6.45, 7) is 5.80. The van der Waals surface area contributed by atoms with Crippen LogP contribution in [-0.4, -0.2) is 23.0 Å². The summed E-state index contributed by atoms with van der Waals surface area (Å²) in [4.78, 5) is 27.2. The Kier molecular flexibility index (Phi) is 4.93. The Balaban J connectivity index is 1.66. The molecule has 3 amide bonds. The van der Waals surface area contributed by atoms with Crippen LogP contribution in [0.4, 0.5) is 16.2 Å². The van der Waals surface area contributed by atoms with Gasteiger partial charge in [-0.1, -0.05) is 12.1 Å². The first-order chi connectivity index (χ1) is 12.4. The van der Waals surface area contributed by atoms with Crippen LogP contribution in [0.5, 0.6) is 0 Å². The third kappa shape index (κ3) is 4.22. The molecule has 0 saturated heterocycles. The second kappa shape index (κ2) is 7.31. The highest BCUT2D eigenvalue weighted by molar-refractivity contribution is 6.06. The summed E-state index contributed by atoms with van der Waals surface area (Å²) >= 11 is 0. The Labute approximate surface area is 152 Å². The van der Waals surface area contributed by atoms with Gasteiger partial charge in [0, 0.05) is 28.3 Å². The van der Waals surface area contributed by atoms with Gasteiger partial charge in [0.2, 0.25) is 0 Å². The van der Waals surface area contributed by atoms with E-state index in [1.165, 1.54) is 0 Å². The van der Waals surface area contributed by atoms with Crippen molar-refractivity contribution in [1.29, 1.82) is 0 Å². The summed E-state index contributed by atoms with van der Waals surface area (Å²) in [7, 11) is 0. The molecule has 134 valence electrons. The van der Waals surface area contributed by atoms with E-state index in [1.54, 1.807) is 24.3 Å². The second-order valence-electron chi connectivity index (χ2n) is 6.56.